The van der Waals surface area contributed by atoms with Crippen molar-refractivity contribution in [1.29, 1.82) is 0 Å². The first-order valence-corrected chi connectivity index (χ1v) is 7.20. The molecule has 0 unspecified atom stereocenters. The fourth-order valence-corrected chi connectivity index (χ4v) is 2.62. The highest BCUT2D eigenvalue weighted by Crippen LogP contribution is 2.28. The summed E-state index contributed by atoms with van der Waals surface area (Å²) in [6.45, 7) is 3.77. The van der Waals surface area contributed by atoms with Crippen LogP contribution < -0.4 is 5.32 Å². The molecule has 8 heteroatoms. The van der Waals surface area contributed by atoms with Crippen LogP contribution in [0, 0.1) is 17.0 Å². The summed E-state index contributed by atoms with van der Waals surface area (Å²) in [6, 6.07) is 5.10. The number of anilines is 2. The summed E-state index contributed by atoms with van der Waals surface area (Å²) in [6.07, 6.45) is 2.05. The average Bonchev–Trinajstić information content (AvgIpc) is 2.83. The molecule has 8 nitrogen and oxygen atoms in total. The third kappa shape index (κ3) is 2.59. The van der Waals surface area contributed by atoms with E-state index in [1.54, 1.807) is 10.7 Å². The van der Waals surface area contributed by atoms with E-state index < -0.39 is 0 Å². The minimum Gasteiger partial charge on any atom is -0.339 e. The van der Waals surface area contributed by atoms with Crippen molar-refractivity contribution in [3.63, 3.8) is 0 Å². The van der Waals surface area contributed by atoms with Crippen molar-refractivity contribution in [2.24, 2.45) is 7.05 Å². The normalized spacial score (nSPS) is 10.9. The third-order valence-electron chi connectivity index (χ3n) is 3.72. The Balaban J connectivity index is 2.06. The minimum atomic E-state index is -0.366. The molecule has 3 aromatic rings. The number of fused-ring (bicyclic) bond motifs is 1. The molecular weight excluding hydrogens is 296 g/mol. The summed E-state index contributed by atoms with van der Waals surface area (Å²) in [5, 5.41) is 19.5. The first-order valence-electron chi connectivity index (χ1n) is 7.20. The lowest BCUT2D eigenvalue weighted by Gasteiger charge is -2.08. The average molecular weight is 312 g/mol. The van der Waals surface area contributed by atoms with Crippen molar-refractivity contribution in [3.8, 4) is 0 Å². The van der Waals surface area contributed by atoms with Gasteiger partial charge in [0.1, 0.15) is 12.1 Å². The van der Waals surface area contributed by atoms with Crippen LogP contribution in [0.3, 0.4) is 0 Å². The van der Waals surface area contributed by atoms with Crippen molar-refractivity contribution < 1.29 is 4.92 Å². The van der Waals surface area contributed by atoms with Crippen molar-refractivity contribution in [3.05, 3.63) is 45.9 Å². The second kappa shape index (κ2) is 5.64. The molecule has 0 bridgehead atoms. The maximum absolute atomic E-state index is 11.2. The maximum atomic E-state index is 11.2. The number of benzene rings is 1. The Kier molecular flexibility index (Phi) is 3.65. The summed E-state index contributed by atoms with van der Waals surface area (Å²) in [5.41, 5.74) is 2.92. The topological polar surface area (TPSA) is 98.8 Å². The van der Waals surface area contributed by atoms with Crippen molar-refractivity contribution in [1.82, 2.24) is 19.7 Å². The zero-order chi connectivity index (χ0) is 16.6. The maximum Gasteiger partial charge on any atom is 0.274 e. The lowest BCUT2D eigenvalue weighted by Crippen LogP contribution is -2.00. The van der Waals surface area contributed by atoms with Gasteiger partial charge in [-0.1, -0.05) is 13.0 Å². The van der Waals surface area contributed by atoms with E-state index in [9.17, 15) is 10.1 Å². The molecule has 0 aliphatic rings. The van der Waals surface area contributed by atoms with Gasteiger partial charge < -0.3 is 5.32 Å². The van der Waals surface area contributed by atoms with E-state index in [0.717, 1.165) is 11.1 Å². The molecular formula is C15H16N6O2. The number of hydrogen-bond acceptors (Lipinski definition) is 6. The molecule has 0 fully saturated rings. The fourth-order valence-electron chi connectivity index (χ4n) is 2.62. The van der Waals surface area contributed by atoms with E-state index in [2.05, 4.69) is 20.4 Å². The van der Waals surface area contributed by atoms with Crippen LogP contribution in [-0.4, -0.2) is 24.7 Å². The van der Waals surface area contributed by atoms with Crippen LogP contribution in [0.25, 0.3) is 11.0 Å². The van der Waals surface area contributed by atoms with Gasteiger partial charge in [0.15, 0.2) is 5.65 Å². The van der Waals surface area contributed by atoms with Gasteiger partial charge in [-0.3, -0.25) is 14.8 Å². The van der Waals surface area contributed by atoms with Crippen molar-refractivity contribution >= 4 is 28.2 Å². The molecule has 23 heavy (non-hydrogen) atoms. The summed E-state index contributed by atoms with van der Waals surface area (Å²) in [4.78, 5) is 19.3. The summed E-state index contributed by atoms with van der Waals surface area (Å²) >= 11 is 0. The van der Waals surface area contributed by atoms with Gasteiger partial charge in [-0.2, -0.15) is 5.10 Å². The summed E-state index contributed by atoms with van der Waals surface area (Å²) < 4.78 is 1.68. The number of nitro groups is 1. The molecule has 0 radical (unpaired) electrons. The number of nitro benzene ring substituents is 1. The third-order valence-corrected chi connectivity index (χ3v) is 3.72. The van der Waals surface area contributed by atoms with Crippen molar-refractivity contribution in [2.75, 3.05) is 5.32 Å². The molecule has 0 amide bonds. The van der Waals surface area contributed by atoms with Crippen LogP contribution in [-0.2, 0) is 13.5 Å². The highest BCUT2D eigenvalue weighted by Gasteiger charge is 2.16. The number of aryl methyl sites for hydroxylation is 3. The Bertz CT molecular complexity index is 902. The number of nitrogens with zero attached hydrogens (tertiary/aromatic N) is 5. The molecule has 3 rings (SSSR count). The van der Waals surface area contributed by atoms with Gasteiger partial charge in [0.2, 0.25) is 0 Å². The van der Waals surface area contributed by atoms with E-state index in [-0.39, 0.29) is 10.6 Å². The largest absolute Gasteiger partial charge is 0.339 e. The minimum absolute atomic E-state index is 0.103. The Morgan fingerprint density at radius 3 is 2.83 bits per heavy atom. The van der Waals surface area contributed by atoms with E-state index in [4.69, 9.17) is 0 Å². The standard InChI is InChI=1S/C15H16N6O2/c1-4-10-5-6-11(7-12(10)21(22)23)18-14-13-9(2)19-20(3)15(13)17-8-16-14/h5-8H,4H2,1-3H3,(H,16,17,18). The zero-order valence-electron chi connectivity index (χ0n) is 13.1. The lowest BCUT2D eigenvalue weighted by molar-refractivity contribution is -0.385. The Hall–Kier alpha value is -3.03. The number of nitrogens with one attached hydrogen (secondary N) is 1. The van der Waals surface area contributed by atoms with Crippen LogP contribution in [0.15, 0.2) is 24.5 Å². The summed E-state index contributed by atoms with van der Waals surface area (Å²) in [7, 11) is 1.81. The van der Waals surface area contributed by atoms with E-state index in [1.807, 2.05) is 27.0 Å². The molecule has 1 N–H and O–H groups in total. The molecule has 2 aromatic heterocycles. The van der Waals surface area contributed by atoms with Crippen LogP contribution in [0.5, 0.6) is 0 Å². The molecule has 118 valence electrons. The molecule has 0 aliphatic carbocycles. The molecule has 0 saturated heterocycles. The van der Waals surface area contributed by atoms with Gasteiger partial charge in [0, 0.05) is 24.4 Å². The van der Waals surface area contributed by atoms with E-state index in [1.165, 1.54) is 12.4 Å². The molecule has 2 heterocycles. The molecule has 0 saturated carbocycles. The van der Waals surface area contributed by atoms with Gasteiger partial charge in [-0.15, -0.1) is 0 Å². The molecule has 0 atom stereocenters. The highest BCUT2D eigenvalue weighted by molar-refractivity contribution is 5.91. The van der Waals surface area contributed by atoms with Crippen LogP contribution in [0.1, 0.15) is 18.2 Å². The molecule has 1 aromatic carbocycles. The van der Waals surface area contributed by atoms with Crippen LogP contribution in [0.2, 0.25) is 0 Å². The van der Waals surface area contributed by atoms with Gasteiger partial charge >= 0.3 is 0 Å². The quantitative estimate of drug-likeness (QED) is 0.587. The predicted octanol–water partition coefficient (Wildman–Crippen LogP) is 2.89. The monoisotopic (exact) mass is 312 g/mol. The van der Waals surface area contributed by atoms with Crippen molar-refractivity contribution in [2.45, 2.75) is 20.3 Å². The van der Waals surface area contributed by atoms with Gasteiger partial charge in [-0.25, -0.2) is 9.97 Å². The van der Waals surface area contributed by atoms with Gasteiger partial charge in [0.25, 0.3) is 5.69 Å². The van der Waals surface area contributed by atoms with Gasteiger partial charge in [0.05, 0.1) is 16.0 Å². The first-order chi connectivity index (χ1) is 11.0. The zero-order valence-corrected chi connectivity index (χ0v) is 13.1. The smallest absolute Gasteiger partial charge is 0.274 e. The van der Waals surface area contributed by atoms with Crippen LogP contribution >= 0.6 is 0 Å². The number of aromatic nitrogens is 4. The van der Waals surface area contributed by atoms with E-state index in [0.29, 0.717) is 29.1 Å². The Labute approximate surface area is 132 Å². The lowest BCUT2D eigenvalue weighted by atomic mass is 10.1. The van der Waals surface area contributed by atoms with Gasteiger partial charge in [-0.05, 0) is 19.4 Å². The van der Waals surface area contributed by atoms with E-state index >= 15 is 0 Å². The fraction of sp³-hybridized carbons (Fsp3) is 0.267. The molecule has 0 aliphatic heterocycles. The molecule has 0 spiro atoms. The Morgan fingerprint density at radius 2 is 2.13 bits per heavy atom. The second-order valence-electron chi connectivity index (χ2n) is 5.21. The SMILES string of the molecule is CCc1ccc(Nc2ncnc3c2c(C)nn3C)cc1[N+](=O)[O-]. The predicted molar refractivity (Wildman–Crippen MR) is 86.8 cm³/mol. The Morgan fingerprint density at radius 1 is 1.35 bits per heavy atom. The number of rotatable bonds is 4. The first kappa shape index (κ1) is 14.9. The highest BCUT2D eigenvalue weighted by atomic mass is 16.6. The second-order valence-corrected chi connectivity index (χ2v) is 5.21. The van der Waals surface area contributed by atoms with Crippen LogP contribution in [0.4, 0.5) is 17.2 Å². The number of hydrogen-bond donors (Lipinski definition) is 1. The summed E-state index contributed by atoms with van der Waals surface area (Å²) in [5.74, 6) is 0.583.